The maximum absolute atomic E-state index is 12.4. The normalized spacial score (nSPS) is 12.9. The van der Waals surface area contributed by atoms with Crippen molar-refractivity contribution in [2.75, 3.05) is 32.9 Å². The molecule has 1 aliphatic heterocycles. The Morgan fingerprint density at radius 2 is 1.32 bits per heavy atom. The fourth-order valence-electron chi connectivity index (χ4n) is 3.59. The first-order valence-electron chi connectivity index (χ1n) is 13.9. The Morgan fingerprint density at radius 3 is 1.76 bits per heavy atom. The highest BCUT2D eigenvalue weighted by atomic mass is 19.4. The van der Waals surface area contributed by atoms with Crippen LogP contribution in [0.1, 0.15) is 35.7 Å². The molecule has 2 aromatic carbocycles. The van der Waals surface area contributed by atoms with Gasteiger partial charge in [0, 0.05) is 31.5 Å². The van der Waals surface area contributed by atoms with Crippen LogP contribution >= 0.6 is 0 Å². The smallest absolute Gasteiger partial charge is 0.490 e. The van der Waals surface area contributed by atoms with Crippen molar-refractivity contribution in [2.45, 2.75) is 38.2 Å². The van der Waals surface area contributed by atoms with Crippen LogP contribution in [0.5, 0.6) is 17.2 Å². The number of nitrogens with one attached hydrogen (secondary N) is 2. The summed E-state index contributed by atoms with van der Waals surface area (Å²) in [7, 11) is 0. The van der Waals surface area contributed by atoms with E-state index in [1.807, 2.05) is 4.90 Å². The monoisotopic (exact) mass is 726 g/mol. The fraction of sp³-hybridized carbons (Fsp3) is 0.379. The van der Waals surface area contributed by atoms with Gasteiger partial charge in [0.2, 0.25) is 0 Å². The summed E-state index contributed by atoms with van der Waals surface area (Å²) < 4.78 is 85.5. The lowest BCUT2D eigenvalue weighted by molar-refractivity contribution is -0.193. The summed E-state index contributed by atoms with van der Waals surface area (Å²) in [5.74, 6) is -5.79. The van der Waals surface area contributed by atoms with E-state index in [4.69, 9.17) is 60.4 Å². The lowest BCUT2D eigenvalue weighted by Crippen LogP contribution is -2.40. The molecule has 7 N–H and O–H groups in total. The van der Waals surface area contributed by atoms with E-state index in [9.17, 15) is 35.9 Å². The third kappa shape index (κ3) is 15.9. The van der Waals surface area contributed by atoms with Crippen molar-refractivity contribution < 1.29 is 79.8 Å². The van der Waals surface area contributed by atoms with Crippen molar-refractivity contribution in [1.29, 1.82) is 10.8 Å². The molecule has 0 unspecified atom stereocenters. The number of hydrogen-bond donors (Lipinski definition) is 6. The molecule has 0 spiro atoms. The Morgan fingerprint density at radius 1 is 0.820 bits per heavy atom. The molecule has 1 heterocycles. The van der Waals surface area contributed by atoms with Crippen LogP contribution in [0.2, 0.25) is 0 Å². The van der Waals surface area contributed by atoms with Crippen molar-refractivity contribution in [3.63, 3.8) is 0 Å². The van der Waals surface area contributed by atoms with Gasteiger partial charge < -0.3 is 44.9 Å². The van der Waals surface area contributed by atoms with Crippen LogP contribution in [-0.2, 0) is 19.1 Å². The molecule has 0 aromatic heterocycles. The summed E-state index contributed by atoms with van der Waals surface area (Å²) in [4.78, 5) is 43.0. The number of ether oxygens (including phenoxy) is 4. The molecular weight excluding hydrogens is 694 g/mol. The number of nitrogen functional groups attached to an aromatic ring is 1. The first-order chi connectivity index (χ1) is 23.1. The molecule has 276 valence electrons. The third-order valence-corrected chi connectivity index (χ3v) is 5.97. The molecule has 21 heteroatoms. The molecule has 1 aliphatic rings. The number of esters is 1. The summed E-state index contributed by atoms with van der Waals surface area (Å²) in [6, 6.07) is 11.1. The van der Waals surface area contributed by atoms with Crippen LogP contribution in [0.15, 0.2) is 42.5 Å². The molecule has 0 saturated carbocycles. The number of piperidine rings is 1. The van der Waals surface area contributed by atoms with E-state index < -0.39 is 42.8 Å². The topological polar surface area (TPSA) is 243 Å². The van der Waals surface area contributed by atoms with Gasteiger partial charge in [-0.3, -0.25) is 10.8 Å². The zero-order chi connectivity index (χ0) is 38.2. The number of hydrogen-bond acceptors (Lipinski definition) is 10. The van der Waals surface area contributed by atoms with Crippen molar-refractivity contribution in [3.8, 4) is 17.2 Å². The quantitative estimate of drug-likeness (QED) is 0.0636. The lowest BCUT2D eigenvalue weighted by Gasteiger charge is -2.32. The molecule has 3 rings (SSSR count). The number of halogens is 6. The Labute approximate surface area is 279 Å². The highest BCUT2D eigenvalue weighted by Gasteiger charge is 2.38. The Bertz CT molecular complexity index is 1470. The Kier molecular flexibility index (Phi) is 16.3. The largest absolute Gasteiger partial charge is 0.490 e. The molecule has 50 heavy (non-hydrogen) atoms. The second-order valence-corrected chi connectivity index (χ2v) is 9.76. The van der Waals surface area contributed by atoms with Gasteiger partial charge in [0.15, 0.2) is 18.1 Å². The van der Waals surface area contributed by atoms with Crippen LogP contribution in [0.4, 0.5) is 26.3 Å². The van der Waals surface area contributed by atoms with Gasteiger partial charge in [0.05, 0.1) is 11.4 Å². The van der Waals surface area contributed by atoms with Gasteiger partial charge in [-0.2, -0.15) is 26.3 Å². The summed E-state index contributed by atoms with van der Waals surface area (Å²) in [5, 5.41) is 38.3. The van der Waals surface area contributed by atoms with Gasteiger partial charge in [-0.15, -0.1) is 0 Å². The third-order valence-electron chi connectivity index (χ3n) is 5.97. The number of rotatable bonds is 11. The summed E-state index contributed by atoms with van der Waals surface area (Å²) >= 11 is 0. The van der Waals surface area contributed by atoms with Crippen LogP contribution < -0.4 is 19.9 Å². The summed E-state index contributed by atoms with van der Waals surface area (Å²) in [6.07, 6.45) is -8.43. The number of nitrogens with two attached hydrogens (primary N) is 1. The molecule has 0 bridgehead atoms. The second kappa shape index (κ2) is 19.3. The van der Waals surface area contributed by atoms with Crippen LogP contribution in [-0.4, -0.2) is 107 Å². The standard InChI is InChI=1S/C25H30N4O7.2C2HF3O2/c1-16(26)29-10-8-20(9-11-29)36-19-5-2-17(3-6-19)25(32)34-13-12-33-22-14-18(24(27)28)4-7-21(22)35-15-23(30)31;2*3-2(4,5)1(6)7/h2-7,14,20,26H,8-13,15H2,1H3,(H3,27,28)(H,30,31);2*(H,6,7). The number of likely N-dealkylation sites (tertiary alicyclic amines) is 1. The zero-order valence-corrected chi connectivity index (χ0v) is 26.0. The maximum Gasteiger partial charge on any atom is 0.490 e. The van der Waals surface area contributed by atoms with E-state index in [0.29, 0.717) is 22.7 Å². The van der Waals surface area contributed by atoms with Gasteiger partial charge in [-0.05, 0) is 49.4 Å². The highest BCUT2D eigenvalue weighted by molar-refractivity contribution is 5.95. The molecule has 0 radical (unpaired) electrons. The molecule has 0 aliphatic carbocycles. The van der Waals surface area contributed by atoms with E-state index in [1.165, 1.54) is 18.2 Å². The zero-order valence-electron chi connectivity index (χ0n) is 26.0. The predicted octanol–water partition coefficient (Wildman–Crippen LogP) is 3.78. The Balaban J connectivity index is 0.000000748. The molecule has 2 aromatic rings. The average Bonchev–Trinajstić information content (AvgIpc) is 3.02. The first kappa shape index (κ1) is 42.3. The number of aliphatic carboxylic acids is 3. The minimum absolute atomic E-state index is 0.0222. The van der Waals surface area contributed by atoms with Gasteiger partial charge in [0.1, 0.15) is 30.9 Å². The minimum atomic E-state index is -5.08. The molecule has 0 atom stereocenters. The van der Waals surface area contributed by atoms with E-state index >= 15 is 0 Å². The van der Waals surface area contributed by atoms with E-state index in [2.05, 4.69) is 0 Å². The van der Waals surface area contributed by atoms with Gasteiger partial charge in [-0.25, -0.2) is 19.2 Å². The van der Waals surface area contributed by atoms with Crippen LogP contribution in [0, 0.1) is 10.8 Å². The molecule has 1 fully saturated rings. The van der Waals surface area contributed by atoms with Gasteiger partial charge >= 0.3 is 36.2 Å². The average molecular weight is 727 g/mol. The second-order valence-electron chi connectivity index (χ2n) is 9.76. The van der Waals surface area contributed by atoms with Gasteiger partial charge in [-0.1, -0.05) is 0 Å². The van der Waals surface area contributed by atoms with E-state index in [0.717, 1.165) is 25.9 Å². The summed E-state index contributed by atoms with van der Waals surface area (Å²) in [5.41, 5.74) is 6.24. The summed E-state index contributed by atoms with van der Waals surface area (Å²) in [6.45, 7) is 2.71. The number of carboxylic acids is 3. The first-order valence-corrected chi connectivity index (χ1v) is 13.9. The highest BCUT2D eigenvalue weighted by Crippen LogP contribution is 2.28. The van der Waals surface area contributed by atoms with E-state index in [1.54, 1.807) is 31.2 Å². The minimum Gasteiger partial charge on any atom is -0.490 e. The van der Waals surface area contributed by atoms with Crippen molar-refractivity contribution in [1.82, 2.24) is 4.90 Å². The van der Waals surface area contributed by atoms with Crippen LogP contribution in [0.25, 0.3) is 0 Å². The van der Waals surface area contributed by atoms with Gasteiger partial charge in [0.25, 0.3) is 0 Å². The van der Waals surface area contributed by atoms with Crippen molar-refractivity contribution in [3.05, 3.63) is 53.6 Å². The Hall–Kier alpha value is -5.76. The molecule has 15 nitrogen and oxygen atoms in total. The van der Waals surface area contributed by atoms with E-state index in [-0.39, 0.29) is 36.7 Å². The van der Waals surface area contributed by atoms with Crippen molar-refractivity contribution in [2.24, 2.45) is 5.73 Å². The fourth-order valence-corrected chi connectivity index (χ4v) is 3.59. The number of alkyl halides is 6. The molecule has 1 saturated heterocycles. The van der Waals surface area contributed by atoms with Crippen LogP contribution in [0.3, 0.4) is 0 Å². The SMILES string of the molecule is CC(=N)N1CCC(Oc2ccc(C(=O)OCCOc3cc(C(=N)N)ccc3OCC(=O)O)cc2)CC1.O=C(O)C(F)(F)F.O=C(O)C(F)(F)F. The predicted molar refractivity (Wildman–Crippen MR) is 159 cm³/mol. The lowest BCUT2D eigenvalue weighted by atomic mass is 10.1. The number of carbonyl (C=O) groups excluding carboxylic acids is 1. The molecular formula is C29H32F6N4O11. The molecule has 0 amide bonds. The maximum atomic E-state index is 12.4. The number of benzene rings is 2. The number of carboxylic acid groups (broad SMARTS) is 3. The number of amidine groups is 2. The number of carbonyl (C=O) groups is 4. The number of nitrogens with zero attached hydrogens (tertiary/aromatic N) is 1. The van der Waals surface area contributed by atoms with Crippen molar-refractivity contribution >= 4 is 35.5 Å².